The maximum Gasteiger partial charge on any atom is 0.227 e. The van der Waals surface area contributed by atoms with Crippen LogP contribution in [0.5, 0.6) is 5.75 Å². The second-order valence-electron chi connectivity index (χ2n) is 8.47. The maximum absolute atomic E-state index is 13.1. The Kier molecular flexibility index (Phi) is 5.63. The molecule has 156 valence electrons. The molecule has 4 rings (SSSR count). The largest absolute Gasteiger partial charge is 0.496 e. The van der Waals surface area contributed by atoms with Gasteiger partial charge in [-0.3, -0.25) is 9.59 Å². The number of hydrogen-bond acceptors (Lipinski definition) is 4. The Morgan fingerprint density at radius 3 is 2.76 bits per heavy atom. The van der Waals surface area contributed by atoms with E-state index in [0.29, 0.717) is 32.6 Å². The molecule has 6 nitrogen and oxygen atoms in total. The average Bonchev–Trinajstić information content (AvgIpc) is 3.09. The molecule has 0 N–H and O–H groups in total. The van der Waals surface area contributed by atoms with Gasteiger partial charge in [0.1, 0.15) is 5.75 Å². The van der Waals surface area contributed by atoms with Crippen molar-refractivity contribution in [2.45, 2.75) is 44.8 Å². The molecule has 1 aromatic carbocycles. The van der Waals surface area contributed by atoms with Gasteiger partial charge < -0.3 is 19.3 Å². The Balaban J connectivity index is 1.36. The van der Waals surface area contributed by atoms with Gasteiger partial charge in [-0.15, -0.1) is 0 Å². The zero-order chi connectivity index (χ0) is 20.4. The number of carbonyl (C=O) groups is 2. The van der Waals surface area contributed by atoms with E-state index in [1.165, 1.54) is 5.57 Å². The number of benzene rings is 1. The third-order valence-corrected chi connectivity index (χ3v) is 6.43. The lowest BCUT2D eigenvalue weighted by Crippen LogP contribution is -2.50. The molecule has 1 aromatic rings. The third-order valence-electron chi connectivity index (χ3n) is 6.43. The first kappa shape index (κ1) is 20.0. The Hall–Kier alpha value is -2.34. The molecule has 1 unspecified atom stereocenters. The summed E-state index contributed by atoms with van der Waals surface area (Å²) in [5.41, 5.74) is 2.15. The minimum absolute atomic E-state index is 0.0388. The van der Waals surface area contributed by atoms with Gasteiger partial charge in [0.05, 0.1) is 25.2 Å². The van der Waals surface area contributed by atoms with E-state index in [2.05, 4.69) is 13.0 Å². The highest BCUT2D eigenvalue weighted by Gasteiger charge is 2.41. The maximum atomic E-state index is 13.1. The predicted molar refractivity (Wildman–Crippen MR) is 109 cm³/mol. The van der Waals surface area contributed by atoms with Crippen molar-refractivity contribution in [3.63, 3.8) is 0 Å². The normalized spacial score (nSPS) is 24.0. The van der Waals surface area contributed by atoms with E-state index in [1.807, 2.05) is 29.2 Å². The number of nitrogens with zero attached hydrogens (tertiary/aromatic N) is 2. The third kappa shape index (κ3) is 4.17. The van der Waals surface area contributed by atoms with E-state index in [-0.39, 0.29) is 23.3 Å². The van der Waals surface area contributed by atoms with E-state index >= 15 is 0 Å². The molecule has 3 aliphatic heterocycles. The van der Waals surface area contributed by atoms with Crippen molar-refractivity contribution in [1.82, 2.24) is 9.80 Å². The highest BCUT2D eigenvalue weighted by atomic mass is 16.5. The Morgan fingerprint density at radius 1 is 1.28 bits per heavy atom. The van der Waals surface area contributed by atoms with Crippen LogP contribution in [0.4, 0.5) is 0 Å². The number of hydrogen-bond donors (Lipinski definition) is 0. The van der Waals surface area contributed by atoms with Crippen molar-refractivity contribution in [1.29, 1.82) is 0 Å². The van der Waals surface area contributed by atoms with Crippen molar-refractivity contribution >= 4 is 11.8 Å². The number of methoxy groups -OCH3 is 1. The molecule has 2 fully saturated rings. The van der Waals surface area contributed by atoms with E-state index in [9.17, 15) is 9.59 Å². The Labute approximate surface area is 172 Å². The Bertz CT molecular complexity index is 811. The summed E-state index contributed by atoms with van der Waals surface area (Å²) in [7, 11) is 1.63. The number of amides is 2. The van der Waals surface area contributed by atoms with Crippen LogP contribution in [0.3, 0.4) is 0 Å². The molecule has 0 aliphatic carbocycles. The van der Waals surface area contributed by atoms with Gasteiger partial charge in [-0.1, -0.05) is 29.8 Å². The molecule has 6 heteroatoms. The second kappa shape index (κ2) is 8.19. The molecule has 1 atom stereocenters. The van der Waals surface area contributed by atoms with Crippen LogP contribution < -0.4 is 4.74 Å². The lowest BCUT2D eigenvalue weighted by molar-refractivity contribution is -0.140. The molecule has 3 heterocycles. The number of rotatable bonds is 4. The van der Waals surface area contributed by atoms with Crippen molar-refractivity contribution in [2.24, 2.45) is 5.92 Å². The SMILES string of the molecule is COc1ccccc1CN1CC(C(=O)N2CCC3(C=C(C)CCO3)CC2)CC1=O. The van der Waals surface area contributed by atoms with Gasteiger partial charge in [0, 0.05) is 38.2 Å². The summed E-state index contributed by atoms with van der Waals surface area (Å²) in [5.74, 6) is 0.659. The van der Waals surface area contributed by atoms with E-state index < -0.39 is 0 Å². The number of likely N-dealkylation sites (tertiary alicyclic amines) is 2. The quantitative estimate of drug-likeness (QED) is 0.732. The van der Waals surface area contributed by atoms with Gasteiger partial charge in [-0.2, -0.15) is 0 Å². The summed E-state index contributed by atoms with van der Waals surface area (Å²) in [6, 6.07) is 7.71. The summed E-state index contributed by atoms with van der Waals surface area (Å²) < 4.78 is 11.5. The van der Waals surface area contributed by atoms with Gasteiger partial charge in [0.15, 0.2) is 0 Å². The second-order valence-corrected chi connectivity index (χ2v) is 8.47. The monoisotopic (exact) mass is 398 g/mol. The zero-order valence-corrected chi connectivity index (χ0v) is 17.4. The first-order chi connectivity index (χ1) is 14.0. The van der Waals surface area contributed by atoms with Crippen LogP contribution >= 0.6 is 0 Å². The number of para-hydroxylation sites is 1. The molecular weight excluding hydrogens is 368 g/mol. The van der Waals surface area contributed by atoms with Gasteiger partial charge >= 0.3 is 0 Å². The average molecular weight is 399 g/mol. The van der Waals surface area contributed by atoms with Crippen molar-refractivity contribution in [2.75, 3.05) is 33.4 Å². The summed E-state index contributed by atoms with van der Waals surface area (Å²) in [6.45, 7) is 5.27. The van der Waals surface area contributed by atoms with E-state index in [1.54, 1.807) is 12.0 Å². The molecular formula is C23H30N2O4. The van der Waals surface area contributed by atoms with E-state index in [4.69, 9.17) is 9.47 Å². The fourth-order valence-electron chi connectivity index (χ4n) is 4.76. The highest BCUT2D eigenvalue weighted by Crippen LogP contribution is 2.34. The first-order valence-electron chi connectivity index (χ1n) is 10.5. The molecule has 2 amide bonds. The van der Waals surface area contributed by atoms with Gasteiger partial charge in [-0.25, -0.2) is 0 Å². The fraction of sp³-hybridized carbons (Fsp3) is 0.565. The fourth-order valence-corrected chi connectivity index (χ4v) is 4.76. The smallest absolute Gasteiger partial charge is 0.227 e. The van der Waals surface area contributed by atoms with Crippen LogP contribution in [-0.4, -0.2) is 60.6 Å². The molecule has 0 radical (unpaired) electrons. The Morgan fingerprint density at radius 2 is 2.03 bits per heavy atom. The molecule has 29 heavy (non-hydrogen) atoms. The predicted octanol–water partition coefficient (Wildman–Crippen LogP) is 2.77. The molecule has 0 aromatic heterocycles. The van der Waals surface area contributed by atoms with Crippen LogP contribution in [0.25, 0.3) is 0 Å². The van der Waals surface area contributed by atoms with Crippen molar-refractivity contribution < 1.29 is 19.1 Å². The zero-order valence-electron chi connectivity index (χ0n) is 17.4. The molecule has 3 aliphatic rings. The van der Waals surface area contributed by atoms with Crippen LogP contribution in [0.2, 0.25) is 0 Å². The number of piperidine rings is 1. The topological polar surface area (TPSA) is 59.1 Å². The van der Waals surface area contributed by atoms with Gasteiger partial charge in [0.25, 0.3) is 0 Å². The first-order valence-corrected chi connectivity index (χ1v) is 10.5. The number of ether oxygens (including phenoxy) is 2. The summed E-state index contributed by atoms with van der Waals surface area (Å²) in [5, 5.41) is 0. The van der Waals surface area contributed by atoms with Crippen molar-refractivity contribution in [3.8, 4) is 5.75 Å². The van der Waals surface area contributed by atoms with Crippen LogP contribution in [0, 0.1) is 5.92 Å². The molecule has 2 saturated heterocycles. The highest BCUT2D eigenvalue weighted by molar-refractivity contribution is 5.89. The van der Waals surface area contributed by atoms with E-state index in [0.717, 1.165) is 37.2 Å². The molecule has 0 saturated carbocycles. The minimum Gasteiger partial charge on any atom is -0.496 e. The van der Waals surface area contributed by atoms with Gasteiger partial charge in [-0.05, 0) is 32.3 Å². The van der Waals surface area contributed by atoms with Crippen LogP contribution in [0.1, 0.15) is 38.2 Å². The van der Waals surface area contributed by atoms with Crippen molar-refractivity contribution in [3.05, 3.63) is 41.5 Å². The lowest BCUT2D eigenvalue weighted by Gasteiger charge is -2.42. The molecule has 1 spiro atoms. The number of carbonyl (C=O) groups excluding carboxylic acids is 2. The van der Waals surface area contributed by atoms with Crippen LogP contribution in [0.15, 0.2) is 35.9 Å². The van der Waals surface area contributed by atoms with Gasteiger partial charge in [0.2, 0.25) is 11.8 Å². The summed E-state index contributed by atoms with van der Waals surface area (Å²) in [4.78, 5) is 29.3. The van der Waals surface area contributed by atoms with Crippen LogP contribution in [-0.2, 0) is 20.9 Å². The standard InChI is InChI=1S/C23H30N2O4/c1-17-7-12-29-23(14-17)8-10-24(11-9-23)22(27)19-13-21(26)25(16-19)15-18-5-3-4-6-20(18)28-2/h3-6,14,19H,7-13,15-16H2,1-2H3. The molecule has 0 bridgehead atoms. The lowest BCUT2D eigenvalue weighted by atomic mass is 9.86. The minimum atomic E-state index is -0.254. The summed E-state index contributed by atoms with van der Waals surface area (Å²) in [6.07, 6.45) is 5.22. The summed E-state index contributed by atoms with van der Waals surface area (Å²) >= 11 is 0.